The van der Waals surface area contributed by atoms with E-state index >= 15 is 0 Å². The molecule has 2 heterocycles. The Morgan fingerprint density at radius 3 is 2.76 bits per heavy atom. The minimum Gasteiger partial charge on any atom is -0.303 e. The average Bonchev–Trinajstić information content (AvgIpc) is 2.98. The fraction of sp³-hybridized carbons (Fsp3) is 0.533. The van der Waals surface area contributed by atoms with Gasteiger partial charge >= 0.3 is 0 Å². The van der Waals surface area contributed by atoms with Gasteiger partial charge in [-0.05, 0) is 36.5 Å². The van der Waals surface area contributed by atoms with E-state index in [0.29, 0.717) is 12.1 Å². The molecule has 1 saturated heterocycles. The van der Waals surface area contributed by atoms with Crippen molar-refractivity contribution in [3.63, 3.8) is 0 Å². The number of hydrogen-bond acceptors (Lipinski definition) is 2. The molecule has 3 atom stereocenters. The number of fused-ring (bicyclic) bond motifs is 5. The second kappa shape index (κ2) is 3.95. The lowest BCUT2D eigenvalue weighted by atomic mass is 9.88. The van der Waals surface area contributed by atoms with E-state index in [1.165, 1.54) is 24.0 Å². The summed E-state index contributed by atoms with van der Waals surface area (Å²) >= 11 is 0. The van der Waals surface area contributed by atoms with Crippen LogP contribution in [0.3, 0.4) is 0 Å². The van der Waals surface area contributed by atoms with Crippen molar-refractivity contribution < 1.29 is 4.79 Å². The number of ketones is 1. The summed E-state index contributed by atoms with van der Waals surface area (Å²) in [5.74, 6) is 0.428. The van der Waals surface area contributed by atoms with Gasteiger partial charge in [0.15, 0.2) is 5.78 Å². The third kappa shape index (κ3) is 1.62. The second-order valence-corrected chi connectivity index (χ2v) is 5.37. The summed E-state index contributed by atoms with van der Waals surface area (Å²) in [5, 5.41) is 3.59. The van der Waals surface area contributed by atoms with Gasteiger partial charge in [-0.3, -0.25) is 4.79 Å². The number of benzene rings is 1. The SMILES string of the molecule is CCC(C)C(=O)c1ccc2c(c1)C1CCC2N1. The third-order valence-electron chi connectivity index (χ3n) is 4.33. The van der Waals surface area contributed by atoms with E-state index in [1.807, 2.05) is 13.0 Å². The zero-order chi connectivity index (χ0) is 12.0. The van der Waals surface area contributed by atoms with E-state index in [9.17, 15) is 4.79 Å². The van der Waals surface area contributed by atoms with Crippen LogP contribution in [0.15, 0.2) is 18.2 Å². The molecular formula is C15H19NO. The highest BCUT2D eigenvalue weighted by molar-refractivity contribution is 5.97. The minimum absolute atomic E-state index is 0.139. The molecule has 2 aliphatic heterocycles. The first-order valence-electron chi connectivity index (χ1n) is 6.64. The lowest BCUT2D eigenvalue weighted by Gasteiger charge is -2.15. The van der Waals surface area contributed by atoms with Gasteiger partial charge in [0.2, 0.25) is 0 Å². The molecule has 90 valence electrons. The molecule has 0 amide bonds. The Bertz CT molecular complexity index is 466. The first-order chi connectivity index (χ1) is 8.20. The van der Waals surface area contributed by atoms with Crippen molar-refractivity contribution in [2.75, 3.05) is 0 Å². The molecule has 2 nitrogen and oxygen atoms in total. The van der Waals surface area contributed by atoms with E-state index in [4.69, 9.17) is 0 Å². The first kappa shape index (κ1) is 11.0. The van der Waals surface area contributed by atoms with Crippen LogP contribution in [0, 0.1) is 5.92 Å². The standard InChI is InChI=1S/C15H19NO/c1-3-9(2)15(17)10-4-5-11-12(8-10)14-7-6-13(11)16-14/h4-5,8-9,13-14,16H,3,6-7H2,1-2H3. The van der Waals surface area contributed by atoms with Gasteiger partial charge in [-0.1, -0.05) is 26.0 Å². The maximum absolute atomic E-state index is 12.2. The summed E-state index contributed by atoms with van der Waals surface area (Å²) in [7, 11) is 0. The van der Waals surface area contributed by atoms with Gasteiger partial charge < -0.3 is 5.32 Å². The zero-order valence-corrected chi connectivity index (χ0v) is 10.5. The van der Waals surface area contributed by atoms with Crippen molar-refractivity contribution in [1.82, 2.24) is 5.32 Å². The third-order valence-corrected chi connectivity index (χ3v) is 4.33. The molecule has 1 aromatic rings. The molecule has 0 aliphatic carbocycles. The van der Waals surface area contributed by atoms with Crippen molar-refractivity contribution in [3.8, 4) is 0 Å². The van der Waals surface area contributed by atoms with E-state index in [0.717, 1.165) is 12.0 Å². The van der Waals surface area contributed by atoms with Gasteiger partial charge in [0.25, 0.3) is 0 Å². The maximum Gasteiger partial charge on any atom is 0.165 e. The fourth-order valence-corrected chi connectivity index (χ4v) is 3.05. The Kier molecular flexibility index (Phi) is 2.55. The van der Waals surface area contributed by atoms with Crippen molar-refractivity contribution in [2.24, 2.45) is 5.92 Å². The van der Waals surface area contributed by atoms with Gasteiger partial charge in [0, 0.05) is 23.6 Å². The quantitative estimate of drug-likeness (QED) is 0.805. The summed E-state index contributed by atoms with van der Waals surface area (Å²) in [6.45, 7) is 4.08. The van der Waals surface area contributed by atoms with E-state index < -0.39 is 0 Å². The molecule has 0 spiro atoms. The molecule has 3 rings (SSSR count). The van der Waals surface area contributed by atoms with Gasteiger partial charge in [-0.2, -0.15) is 0 Å². The number of carbonyl (C=O) groups is 1. The van der Waals surface area contributed by atoms with Crippen molar-refractivity contribution in [2.45, 2.75) is 45.2 Å². The van der Waals surface area contributed by atoms with Crippen LogP contribution in [0.5, 0.6) is 0 Å². The smallest absolute Gasteiger partial charge is 0.165 e. The molecular weight excluding hydrogens is 210 g/mol. The molecule has 3 unspecified atom stereocenters. The highest BCUT2D eigenvalue weighted by Gasteiger charge is 2.36. The predicted molar refractivity (Wildman–Crippen MR) is 68.1 cm³/mol. The summed E-state index contributed by atoms with van der Waals surface area (Å²) in [6.07, 6.45) is 3.38. The summed E-state index contributed by atoms with van der Waals surface area (Å²) < 4.78 is 0. The summed E-state index contributed by atoms with van der Waals surface area (Å²) in [5.41, 5.74) is 3.69. The summed E-state index contributed by atoms with van der Waals surface area (Å²) in [4.78, 5) is 12.2. The minimum atomic E-state index is 0.139. The van der Waals surface area contributed by atoms with E-state index in [1.54, 1.807) is 0 Å². The summed E-state index contributed by atoms with van der Waals surface area (Å²) in [6, 6.07) is 7.33. The number of carbonyl (C=O) groups excluding carboxylic acids is 1. The molecule has 2 heteroatoms. The number of nitrogens with one attached hydrogen (secondary N) is 1. The molecule has 2 bridgehead atoms. The molecule has 1 aromatic carbocycles. The molecule has 1 N–H and O–H groups in total. The van der Waals surface area contributed by atoms with Crippen LogP contribution in [-0.4, -0.2) is 5.78 Å². The predicted octanol–water partition coefficient (Wildman–Crippen LogP) is 3.39. The van der Waals surface area contributed by atoms with Crippen LogP contribution in [0.2, 0.25) is 0 Å². The Labute approximate surface area is 102 Å². The Morgan fingerprint density at radius 2 is 2.06 bits per heavy atom. The lowest BCUT2D eigenvalue weighted by Crippen LogP contribution is -2.11. The molecule has 17 heavy (non-hydrogen) atoms. The number of Topliss-reactive ketones (excluding diaryl/α,β-unsaturated/α-hetero) is 1. The lowest BCUT2D eigenvalue weighted by molar-refractivity contribution is 0.0927. The highest BCUT2D eigenvalue weighted by atomic mass is 16.1. The van der Waals surface area contributed by atoms with Gasteiger partial charge in [-0.15, -0.1) is 0 Å². The first-order valence-corrected chi connectivity index (χ1v) is 6.64. The Morgan fingerprint density at radius 1 is 1.35 bits per heavy atom. The molecule has 0 aromatic heterocycles. The second-order valence-electron chi connectivity index (χ2n) is 5.37. The highest BCUT2D eigenvalue weighted by Crippen LogP contribution is 2.45. The van der Waals surface area contributed by atoms with Crippen LogP contribution in [0.4, 0.5) is 0 Å². The van der Waals surface area contributed by atoms with Crippen LogP contribution in [0.25, 0.3) is 0 Å². The van der Waals surface area contributed by atoms with Gasteiger partial charge in [0.05, 0.1) is 0 Å². The van der Waals surface area contributed by atoms with Crippen LogP contribution >= 0.6 is 0 Å². The average molecular weight is 229 g/mol. The van der Waals surface area contributed by atoms with E-state index in [-0.39, 0.29) is 11.7 Å². The molecule has 0 radical (unpaired) electrons. The Balaban J connectivity index is 1.95. The van der Waals surface area contributed by atoms with Gasteiger partial charge in [0.1, 0.15) is 0 Å². The number of hydrogen-bond donors (Lipinski definition) is 1. The zero-order valence-electron chi connectivity index (χ0n) is 10.5. The largest absolute Gasteiger partial charge is 0.303 e. The van der Waals surface area contributed by atoms with Gasteiger partial charge in [-0.25, -0.2) is 0 Å². The van der Waals surface area contributed by atoms with Crippen LogP contribution in [0.1, 0.15) is 66.7 Å². The topological polar surface area (TPSA) is 29.1 Å². The van der Waals surface area contributed by atoms with Crippen molar-refractivity contribution >= 4 is 5.78 Å². The molecule has 2 aliphatic rings. The van der Waals surface area contributed by atoms with Crippen molar-refractivity contribution in [1.29, 1.82) is 0 Å². The number of rotatable bonds is 3. The maximum atomic E-state index is 12.2. The van der Waals surface area contributed by atoms with Crippen LogP contribution < -0.4 is 5.32 Å². The van der Waals surface area contributed by atoms with Crippen molar-refractivity contribution in [3.05, 3.63) is 34.9 Å². The normalized spacial score (nSPS) is 26.9. The van der Waals surface area contributed by atoms with Crippen LogP contribution in [-0.2, 0) is 0 Å². The van der Waals surface area contributed by atoms with E-state index in [2.05, 4.69) is 24.4 Å². The monoisotopic (exact) mass is 229 g/mol. The molecule has 0 saturated carbocycles. The Hall–Kier alpha value is -1.15. The fourth-order valence-electron chi connectivity index (χ4n) is 3.05. The molecule has 1 fully saturated rings.